The molecule has 98 valence electrons. The maximum atomic E-state index is 10.9. The Kier molecular flexibility index (Phi) is 4.30. The van der Waals surface area contributed by atoms with E-state index < -0.39 is 5.97 Å². The minimum absolute atomic E-state index is 0.0355. The van der Waals surface area contributed by atoms with Gasteiger partial charge in [-0.1, -0.05) is 0 Å². The van der Waals surface area contributed by atoms with Gasteiger partial charge in [-0.3, -0.25) is 4.79 Å². The monoisotopic (exact) mass is 268 g/mol. The number of aromatic nitrogens is 1. The standard InChI is InChI=1S/C12H16N2O3S/c1-17-11-6-9(2-3-13-11)14-4-5-18-8-10(14)7-12(15)16/h2-3,6,10H,4-5,7-8H2,1H3,(H,15,16). The topological polar surface area (TPSA) is 62.7 Å². The van der Waals surface area contributed by atoms with Crippen molar-refractivity contribution >= 4 is 23.4 Å². The van der Waals surface area contributed by atoms with Crippen molar-refractivity contribution in [3.63, 3.8) is 0 Å². The summed E-state index contributed by atoms with van der Waals surface area (Å²) in [5.74, 6) is 1.66. The molecule has 1 saturated heterocycles. The van der Waals surface area contributed by atoms with Crippen molar-refractivity contribution in [2.75, 3.05) is 30.1 Å². The van der Waals surface area contributed by atoms with E-state index in [-0.39, 0.29) is 12.5 Å². The summed E-state index contributed by atoms with van der Waals surface area (Å²) in [4.78, 5) is 17.1. The smallest absolute Gasteiger partial charge is 0.305 e. The van der Waals surface area contributed by atoms with Gasteiger partial charge in [-0.15, -0.1) is 0 Å². The first kappa shape index (κ1) is 13.0. The molecule has 0 bridgehead atoms. The fraction of sp³-hybridized carbons (Fsp3) is 0.500. The molecule has 2 rings (SSSR count). The number of nitrogens with zero attached hydrogens (tertiary/aromatic N) is 2. The van der Waals surface area contributed by atoms with E-state index in [1.807, 2.05) is 12.1 Å². The first-order chi connectivity index (χ1) is 8.70. The van der Waals surface area contributed by atoms with Crippen molar-refractivity contribution in [2.24, 2.45) is 0 Å². The summed E-state index contributed by atoms with van der Waals surface area (Å²) in [7, 11) is 1.58. The molecule has 0 aliphatic carbocycles. The lowest BCUT2D eigenvalue weighted by Gasteiger charge is -2.36. The Hall–Kier alpha value is -1.43. The van der Waals surface area contributed by atoms with Crippen molar-refractivity contribution in [3.05, 3.63) is 18.3 Å². The normalized spacial score (nSPS) is 19.6. The Morgan fingerprint density at radius 1 is 1.72 bits per heavy atom. The second kappa shape index (κ2) is 5.95. The molecular formula is C12H16N2O3S. The second-order valence-electron chi connectivity index (χ2n) is 4.08. The number of anilines is 1. The molecule has 0 saturated carbocycles. The number of hydrogen-bond donors (Lipinski definition) is 1. The van der Waals surface area contributed by atoms with E-state index in [1.165, 1.54) is 0 Å². The van der Waals surface area contributed by atoms with Crippen molar-refractivity contribution in [2.45, 2.75) is 12.5 Å². The molecule has 0 spiro atoms. The van der Waals surface area contributed by atoms with Crippen LogP contribution in [0.1, 0.15) is 6.42 Å². The minimum Gasteiger partial charge on any atom is -0.481 e. The highest BCUT2D eigenvalue weighted by molar-refractivity contribution is 7.99. The van der Waals surface area contributed by atoms with E-state index in [0.717, 1.165) is 23.7 Å². The number of carboxylic acids is 1. The molecule has 0 aromatic carbocycles. The molecule has 1 unspecified atom stereocenters. The molecule has 1 fully saturated rings. The van der Waals surface area contributed by atoms with E-state index in [1.54, 1.807) is 25.1 Å². The van der Waals surface area contributed by atoms with Crippen LogP contribution in [0.15, 0.2) is 18.3 Å². The van der Waals surface area contributed by atoms with Crippen molar-refractivity contribution in [1.82, 2.24) is 4.98 Å². The minimum atomic E-state index is -0.756. The SMILES string of the molecule is COc1cc(N2CCSCC2CC(=O)O)ccn1. The summed E-state index contributed by atoms with van der Waals surface area (Å²) in [6, 6.07) is 3.78. The molecular weight excluding hydrogens is 252 g/mol. The van der Waals surface area contributed by atoms with Crippen molar-refractivity contribution in [1.29, 1.82) is 0 Å². The zero-order valence-electron chi connectivity index (χ0n) is 10.2. The molecule has 1 aromatic rings. The van der Waals surface area contributed by atoms with Gasteiger partial charge in [0.2, 0.25) is 5.88 Å². The first-order valence-electron chi connectivity index (χ1n) is 5.77. The summed E-state index contributed by atoms with van der Waals surface area (Å²) >= 11 is 1.80. The molecule has 6 heteroatoms. The first-order valence-corrected chi connectivity index (χ1v) is 6.92. The number of rotatable bonds is 4. The third kappa shape index (κ3) is 3.07. The van der Waals surface area contributed by atoms with E-state index >= 15 is 0 Å². The van der Waals surface area contributed by atoms with Gasteiger partial charge in [-0.2, -0.15) is 11.8 Å². The van der Waals surface area contributed by atoms with Crippen LogP contribution in [0, 0.1) is 0 Å². The molecule has 18 heavy (non-hydrogen) atoms. The van der Waals surface area contributed by atoms with Gasteiger partial charge in [-0.05, 0) is 6.07 Å². The summed E-state index contributed by atoms with van der Waals surface area (Å²) in [6.07, 6.45) is 1.85. The maximum absolute atomic E-state index is 10.9. The Balaban J connectivity index is 2.19. The summed E-state index contributed by atoms with van der Waals surface area (Å²) in [6.45, 7) is 0.857. The van der Waals surface area contributed by atoms with Gasteiger partial charge in [0.25, 0.3) is 0 Å². The van der Waals surface area contributed by atoms with Crippen LogP contribution in [0.2, 0.25) is 0 Å². The largest absolute Gasteiger partial charge is 0.481 e. The quantitative estimate of drug-likeness (QED) is 0.892. The predicted molar refractivity (Wildman–Crippen MR) is 71.5 cm³/mol. The third-order valence-electron chi connectivity index (χ3n) is 2.90. The highest BCUT2D eigenvalue weighted by Gasteiger charge is 2.25. The van der Waals surface area contributed by atoms with E-state index in [9.17, 15) is 4.79 Å². The molecule has 0 amide bonds. The zero-order valence-corrected chi connectivity index (χ0v) is 11.0. The number of carboxylic acid groups (broad SMARTS) is 1. The zero-order chi connectivity index (χ0) is 13.0. The lowest BCUT2D eigenvalue weighted by Crippen LogP contribution is -2.43. The highest BCUT2D eigenvalue weighted by atomic mass is 32.2. The Morgan fingerprint density at radius 2 is 2.56 bits per heavy atom. The van der Waals surface area contributed by atoms with Gasteiger partial charge in [-0.25, -0.2) is 4.98 Å². The van der Waals surface area contributed by atoms with Gasteiger partial charge >= 0.3 is 5.97 Å². The van der Waals surface area contributed by atoms with Gasteiger partial charge in [0.1, 0.15) is 0 Å². The van der Waals surface area contributed by atoms with Crippen LogP contribution in [-0.4, -0.2) is 47.3 Å². The molecule has 1 aliphatic rings. The van der Waals surface area contributed by atoms with Crippen LogP contribution in [-0.2, 0) is 4.79 Å². The lowest BCUT2D eigenvalue weighted by atomic mass is 10.1. The molecule has 1 N–H and O–H groups in total. The highest BCUT2D eigenvalue weighted by Crippen LogP contribution is 2.27. The van der Waals surface area contributed by atoms with Crippen molar-refractivity contribution in [3.8, 4) is 5.88 Å². The number of ether oxygens (including phenoxy) is 1. The Bertz CT molecular complexity index is 428. The molecule has 1 aliphatic heterocycles. The molecule has 0 radical (unpaired) electrons. The van der Waals surface area contributed by atoms with Crippen LogP contribution in [0.25, 0.3) is 0 Å². The Labute approximate surface area is 110 Å². The predicted octanol–water partition coefficient (Wildman–Crippen LogP) is 1.49. The number of aliphatic carboxylic acids is 1. The molecule has 5 nitrogen and oxygen atoms in total. The average molecular weight is 268 g/mol. The van der Waals surface area contributed by atoms with E-state index in [0.29, 0.717) is 5.88 Å². The fourth-order valence-corrected chi connectivity index (χ4v) is 3.12. The fourth-order valence-electron chi connectivity index (χ4n) is 2.05. The third-order valence-corrected chi connectivity index (χ3v) is 3.99. The Morgan fingerprint density at radius 3 is 3.28 bits per heavy atom. The second-order valence-corrected chi connectivity index (χ2v) is 5.23. The molecule has 1 aromatic heterocycles. The van der Waals surface area contributed by atoms with E-state index in [2.05, 4.69) is 9.88 Å². The van der Waals surface area contributed by atoms with Gasteiger partial charge < -0.3 is 14.7 Å². The summed E-state index contributed by atoms with van der Waals surface area (Å²) in [5, 5.41) is 8.96. The number of carbonyl (C=O) groups is 1. The van der Waals surface area contributed by atoms with Crippen LogP contribution < -0.4 is 9.64 Å². The van der Waals surface area contributed by atoms with Gasteiger partial charge in [0.05, 0.1) is 13.5 Å². The van der Waals surface area contributed by atoms with E-state index in [4.69, 9.17) is 9.84 Å². The van der Waals surface area contributed by atoms with Crippen LogP contribution in [0.4, 0.5) is 5.69 Å². The van der Waals surface area contributed by atoms with Crippen LogP contribution >= 0.6 is 11.8 Å². The number of hydrogen-bond acceptors (Lipinski definition) is 5. The number of pyridine rings is 1. The van der Waals surface area contributed by atoms with Crippen LogP contribution in [0.5, 0.6) is 5.88 Å². The molecule has 1 atom stereocenters. The summed E-state index contributed by atoms with van der Waals surface area (Å²) in [5.41, 5.74) is 0.980. The lowest BCUT2D eigenvalue weighted by molar-refractivity contribution is -0.137. The van der Waals surface area contributed by atoms with Crippen LogP contribution in [0.3, 0.4) is 0 Å². The number of thioether (sulfide) groups is 1. The average Bonchev–Trinajstić information content (AvgIpc) is 2.39. The maximum Gasteiger partial charge on any atom is 0.305 e. The molecule has 2 heterocycles. The number of methoxy groups -OCH3 is 1. The van der Waals surface area contributed by atoms with Gasteiger partial charge in [0.15, 0.2) is 0 Å². The summed E-state index contributed by atoms with van der Waals surface area (Å²) < 4.78 is 5.10. The van der Waals surface area contributed by atoms with Gasteiger partial charge in [0, 0.05) is 42.0 Å². The van der Waals surface area contributed by atoms with Crippen molar-refractivity contribution < 1.29 is 14.6 Å².